The molecule has 2 atom stereocenters. The number of aliphatic hydroxyl groups is 1. The molecule has 2 N–H and O–H groups in total. The molecule has 4 rings (SSSR count). The molecule has 0 spiro atoms. The average molecular weight is 404 g/mol. The van der Waals surface area contributed by atoms with Crippen LogP contribution in [0.15, 0.2) is 42.7 Å². The maximum atomic E-state index is 14.6. The van der Waals surface area contributed by atoms with Crippen LogP contribution < -0.4 is 5.32 Å². The topological polar surface area (TPSA) is 75.9 Å². The zero-order valence-corrected chi connectivity index (χ0v) is 15.7. The molecule has 1 aliphatic rings. The van der Waals surface area contributed by atoms with Crippen molar-refractivity contribution in [3.63, 3.8) is 0 Å². The van der Waals surface area contributed by atoms with E-state index in [1.165, 1.54) is 6.07 Å². The summed E-state index contributed by atoms with van der Waals surface area (Å²) < 4.78 is 21.4. The molecule has 146 valence electrons. The molecule has 4 heterocycles. The first-order chi connectivity index (χ1) is 13.5. The van der Waals surface area contributed by atoms with Gasteiger partial charge in [-0.1, -0.05) is 11.6 Å². The quantitative estimate of drug-likeness (QED) is 0.656. The summed E-state index contributed by atoms with van der Waals surface area (Å²) in [5.41, 5.74) is 2.08. The number of fused-ring (bicyclic) bond motifs is 1. The number of carbonyl (C=O) groups is 1. The Labute approximate surface area is 165 Å². The predicted octanol–water partition coefficient (Wildman–Crippen LogP) is 2.60. The van der Waals surface area contributed by atoms with Crippen LogP contribution in [0, 0.1) is 5.82 Å². The molecule has 1 saturated heterocycles. The van der Waals surface area contributed by atoms with Gasteiger partial charge in [-0.05, 0) is 42.3 Å². The molecule has 0 saturated carbocycles. The molecule has 6 nitrogen and oxygen atoms in total. The van der Waals surface area contributed by atoms with Crippen LogP contribution in [-0.2, 0) is 11.2 Å². The van der Waals surface area contributed by atoms with Gasteiger partial charge < -0.3 is 19.6 Å². The Morgan fingerprint density at radius 1 is 1.43 bits per heavy atom. The molecule has 8 heteroatoms. The smallest absolute Gasteiger partial charge is 0.253 e. The lowest BCUT2D eigenvalue weighted by Crippen LogP contribution is -2.48. The molecule has 28 heavy (non-hydrogen) atoms. The van der Waals surface area contributed by atoms with E-state index in [1.807, 2.05) is 6.07 Å². The van der Waals surface area contributed by atoms with E-state index in [1.54, 1.807) is 35.0 Å². The lowest BCUT2D eigenvalue weighted by molar-refractivity contribution is -0.0260. The van der Waals surface area contributed by atoms with E-state index in [-0.39, 0.29) is 17.7 Å². The van der Waals surface area contributed by atoms with E-state index >= 15 is 0 Å². The van der Waals surface area contributed by atoms with E-state index in [9.17, 15) is 14.3 Å². The number of nitrogens with one attached hydrogen (secondary N) is 1. The standard InChI is InChI=1S/C20H19ClFN3O3/c21-18-9-12(3-5-23-18)8-13-10-14(19-15(22)2-1-6-25(13)19)20(27)24-16-4-7-28-11-17(16)26/h1-3,5-6,9-10,16-17,26H,4,7-8,11H2,(H,24,27). The number of ether oxygens (including phenoxy) is 1. The van der Waals surface area contributed by atoms with Crippen molar-refractivity contribution in [2.45, 2.75) is 25.0 Å². The van der Waals surface area contributed by atoms with Crippen molar-refractivity contribution >= 4 is 23.0 Å². The Hall–Kier alpha value is -2.48. The number of amides is 1. The van der Waals surface area contributed by atoms with Crippen LogP contribution >= 0.6 is 11.6 Å². The van der Waals surface area contributed by atoms with Gasteiger partial charge >= 0.3 is 0 Å². The molecular formula is C20H19ClFN3O3. The van der Waals surface area contributed by atoms with E-state index in [0.717, 1.165) is 11.3 Å². The third kappa shape index (κ3) is 3.73. The van der Waals surface area contributed by atoms with Gasteiger partial charge in [-0.3, -0.25) is 4.79 Å². The van der Waals surface area contributed by atoms with E-state index in [0.29, 0.717) is 24.6 Å². The number of halogens is 2. The Morgan fingerprint density at radius 2 is 2.29 bits per heavy atom. The van der Waals surface area contributed by atoms with Crippen LogP contribution in [0.3, 0.4) is 0 Å². The summed E-state index contributed by atoms with van der Waals surface area (Å²) in [6.45, 7) is 0.630. The summed E-state index contributed by atoms with van der Waals surface area (Å²) in [6.07, 6.45) is 3.50. The zero-order chi connectivity index (χ0) is 19.7. The largest absolute Gasteiger partial charge is 0.389 e. The number of aromatic nitrogens is 2. The van der Waals surface area contributed by atoms with Crippen LogP contribution in [0.4, 0.5) is 4.39 Å². The van der Waals surface area contributed by atoms with Crippen molar-refractivity contribution in [1.29, 1.82) is 0 Å². The van der Waals surface area contributed by atoms with Gasteiger partial charge in [0.05, 0.1) is 29.8 Å². The van der Waals surface area contributed by atoms with E-state index in [4.69, 9.17) is 16.3 Å². The third-order valence-electron chi connectivity index (χ3n) is 4.88. The fraction of sp³-hybridized carbons (Fsp3) is 0.300. The minimum atomic E-state index is -0.783. The van der Waals surface area contributed by atoms with Crippen LogP contribution in [0.2, 0.25) is 5.15 Å². The van der Waals surface area contributed by atoms with Crippen LogP contribution in [0.25, 0.3) is 5.52 Å². The summed E-state index contributed by atoms with van der Waals surface area (Å²) in [4.78, 5) is 16.8. The number of aliphatic hydroxyl groups excluding tert-OH is 1. The summed E-state index contributed by atoms with van der Waals surface area (Å²) in [6, 6.07) is 7.72. The molecule has 3 aromatic rings. The zero-order valence-electron chi connectivity index (χ0n) is 14.9. The molecule has 3 aromatic heterocycles. The Morgan fingerprint density at radius 3 is 3.07 bits per heavy atom. The van der Waals surface area contributed by atoms with Gasteiger partial charge in [0.2, 0.25) is 0 Å². The second kappa shape index (κ2) is 7.87. The van der Waals surface area contributed by atoms with Crippen molar-refractivity contribution in [1.82, 2.24) is 14.7 Å². The summed E-state index contributed by atoms with van der Waals surface area (Å²) in [5, 5.41) is 13.2. The highest BCUT2D eigenvalue weighted by Crippen LogP contribution is 2.23. The normalized spacial score (nSPS) is 19.7. The van der Waals surface area contributed by atoms with Crippen molar-refractivity contribution in [2.24, 2.45) is 0 Å². The lowest BCUT2D eigenvalue weighted by Gasteiger charge is -2.28. The maximum absolute atomic E-state index is 14.6. The van der Waals surface area contributed by atoms with Gasteiger partial charge in [-0.2, -0.15) is 0 Å². The molecule has 1 fully saturated rings. The Balaban J connectivity index is 1.69. The third-order valence-corrected chi connectivity index (χ3v) is 5.09. The number of rotatable bonds is 4. The molecule has 0 aliphatic carbocycles. The molecule has 1 amide bonds. The number of pyridine rings is 2. The summed E-state index contributed by atoms with van der Waals surface area (Å²) in [5.74, 6) is -0.910. The number of hydrogen-bond acceptors (Lipinski definition) is 4. The first-order valence-electron chi connectivity index (χ1n) is 8.98. The second-order valence-electron chi connectivity index (χ2n) is 6.80. The predicted molar refractivity (Wildman–Crippen MR) is 102 cm³/mol. The van der Waals surface area contributed by atoms with Gasteiger partial charge in [0.1, 0.15) is 11.0 Å². The van der Waals surface area contributed by atoms with Crippen LogP contribution in [0.5, 0.6) is 0 Å². The minimum Gasteiger partial charge on any atom is -0.389 e. The van der Waals surface area contributed by atoms with Crippen molar-refractivity contribution in [3.8, 4) is 0 Å². The first-order valence-corrected chi connectivity index (χ1v) is 9.36. The highest BCUT2D eigenvalue weighted by atomic mass is 35.5. The lowest BCUT2D eigenvalue weighted by atomic mass is 10.1. The molecular weight excluding hydrogens is 385 g/mol. The molecule has 2 unspecified atom stereocenters. The number of hydrogen-bond donors (Lipinski definition) is 2. The van der Waals surface area contributed by atoms with Gasteiger partial charge in [-0.25, -0.2) is 9.37 Å². The van der Waals surface area contributed by atoms with E-state index in [2.05, 4.69) is 10.3 Å². The first kappa shape index (κ1) is 18.9. The molecule has 0 aromatic carbocycles. The van der Waals surface area contributed by atoms with Crippen molar-refractivity contribution in [3.05, 3.63) is 70.5 Å². The number of nitrogens with zero attached hydrogens (tertiary/aromatic N) is 2. The fourth-order valence-electron chi connectivity index (χ4n) is 3.49. The second-order valence-corrected chi connectivity index (χ2v) is 7.19. The highest BCUT2D eigenvalue weighted by molar-refractivity contribution is 6.29. The highest BCUT2D eigenvalue weighted by Gasteiger charge is 2.27. The summed E-state index contributed by atoms with van der Waals surface area (Å²) >= 11 is 5.96. The fourth-order valence-corrected chi connectivity index (χ4v) is 3.69. The molecule has 0 radical (unpaired) electrons. The summed E-state index contributed by atoms with van der Waals surface area (Å²) in [7, 11) is 0. The minimum absolute atomic E-state index is 0.171. The molecule has 1 aliphatic heterocycles. The van der Waals surface area contributed by atoms with Gasteiger partial charge in [0.15, 0.2) is 0 Å². The maximum Gasteiger partial charge on any atom is 0.253 e. The van der Waals surface area contributed by atoms with Crippen LogP contribution in [0.1, 0.15) is 28.0 Å². The molecule has 0 bridgehead atoms. The Kier molecular flexibility index (Phi) is 5.30. The van der Waals surface area contributed by atoms with Crippen LogP contribution in [-0.4, -0.2) is 45.8 Å². The number of carbonyl (C=O) groups excluding carboxylic acids is 1. The Bertz CT molecular complexity index is 1020. The van der Waals surface area contributed by atoms with Crippen molar-refractivity contribution < 1.29 is 19.0 Å². The van der Waals surface area contributed by atoms with Gasteiger partial charge in [0, 0.05) is 31.1 Å². The van der Waals surface area contributed by atoms with E-state index < -0.39 is 23.9 Å². The van der Waals surface area contributed by atoms with Crippen molar-refractivity contribution in [2.75, 3.05) is 13.2 Å². The SMILES string of the molecule is O=C(NC1CCOCC1O)c1cc(Cc2ccnc(Cl)c2)n2cccc(F)c12. The van der Waals surface area contributed by atoms with Gasteiger partial charge in [-0.15, -0.1) is 0 Å². The average Bonchev–Trinajstić information content (AvgIpc) is 3.04. The van der Waals surface area contributed by atoms with Gasteiger partial charge in [0.25, 0.3) is 5.91 Å². The monoisotopic (exact) mass is 403 g/mol.